The van der Waals surface area contributed by atoms with Crippen LogP contribution in [0.25, 0.3) is 0 Å². The van der Waals surface area contributed by atoms with Crippen LogP contribution in [0.3, 0.4) is 0 Å². The van der Waals surface area contributed by atoms with Crippen molar-refractivity contribution in [1.29, 1.82) is 0 Å². The summed E-state index contributed by atoms with van der Waals surface area (Å²) in [7, 11) is 2.31. The Labute approximate surface area is 186 Å². The van der Waals surface area contributed by atoms with E-state index in [9.17, 15) is 14.7 Å². The van der Waals surface area contributed by atoms with E-state index in [-0.39, 0.29) is 25.0 Å². The van der Waals surface area contributed by atoms with Gasteiger partial charge in [-0.2, -0.15) is 0 Å². The number of benzene rings is 1. The standard InChI is InChI=1S/C22H36O8Si/c1-22(2,25)21(24)18-11-13-19(14-12-18)29-15-16-30-20(23)10-8-6-7-9-17-31(26-3,27-4)28-5/h11-14,25H,6-10,15-17H2,1-5H3. The molecule has 0 heterocycles. The molecular weight excluding hydrogens is 420 g/mol. The zero-order valence-corrected chi connectivity index (χ0v) is 20.3. The van der Waals surface area contributed by atoms with Crippen LogP contribution in [0.2, 0.25) is 6.04 Å². The minimum Gasteiger partial charge on any atom is -0.490 e. The first-order valence-electron chi connectivity index (χ1n) is 10.5. The lowest BCUT2D eigenvalue weighted by atomic mass is 9.97. The molecule has 0 saturated carbocycles. The number of unbranched alkanes of at least 4 members (excludes halogenated alkanes) is 3. The van der Waals surface area contributed by atoms with E-state index in [1.807, 2.05) is 0 Å². The second kappa shape index (κ2) is 13.6. The molecule has 9 heteroatoms. The molecule has 0 atom stereocenters. The van der Waals surface area contributed by atoms with E-state index < -0.39 is 14.4 Å². The summed E-state index contributed by atoms with van der Waals surface area (Å²) in [6, 6.07) is 7.25. The molecule has 0 saturated heterocycles. The number of hydrogen-bond acceptors (Lipinski definition) is 8. The minimum absolute atomic E-state index is 0.160. The minimum atomic E-state index is -2.50. The Morgan fingerprint density at radius 1 is 0.903 bits per heavy atom. The van der Waals surface area contributed by atoms with Gasteiger partial charge in [0.2, 0.25) is 0 Å². The van der Waals surface area contributed by atoms with Crippen molar-refractivity contribution in [3.8, 4) is 5.75 Å². The van der Waals surface area contributed by atoms with Gasteiger partial charge in [-0.1, -0.05) is 12.8 Å². The van der Waals surface area contributed by atoms with Crippen molar-refractivity contribution in [3.05, 3.63) is 29.8 Å². The summed E-state index contributed by atoms with van der Waals surface area (Å²) in [5.41, 5.74) is -1.01. The van der Waals surface area contributed by atoms with Gasteiger partial charge in [0, 0.05) is 39.4 Å². The maximum absolute atomic E-state index is 12.0. The number of carbonyl (C=O) groups is 2. The van der Waals surface area contributed by atoms with E-state index in [0.29, 0.717) is 17.7 Å². The average molecular weight is 457 g/mol. The van der Waals surface area contributed by atoms with Gasteiger partial charge in [0.15, 0.2) is 5.78 Å². The Morgan fingerprint density at radius 3 is 2.03 bits per heavy atom. The van der Waals surface area contributed by atoms with Gasteiger partial charge in [-0.15, -0.1) is 0 Å². The van der Waals surface area contributed by atoms with E-state index in [1.54, 1.807) is 45.6 Å². The van der Waals surface area contributed by atoms with Crippen LogP contribution >= 0.6 is 0 Å². The number of esters is 1. The largest absolute Gasteiger partial charge is 0.500 e. The molecule has 0 aliphatic carbocycles. The van der Waals surface area contributed by atoms with Gasteiger partial charge in [-0.3, -0.25) is 9.59 Å². The Bertz CT molecular complexity index is 657. The Kier molecular flexibility index (Phi) is 11.9. The van der Waals surface area contributed by atoms with E-state index in [0.717, 1.165) is 31.7 Å². The van der Waals surface area contributed by atoms with Crippen LogP contribution in [-0.2, 0) is 22.8 Å². The smallest absolute Gasteiger partial charge is 0.490 e. The molecule has 8 nitrogen and oxygen atoms in total. The molecule has 1 rings (SSSR count). The zero-order chi connectivity index (χ0) is 23.3. The van der Waals surface area contributed by atoms with Gasteiger partial charge < -0.3 is 27.9 Å². The molecule has 0 amide bonds. The highest BCUT2D eigenvalue weighted by atomic mass is 28.4. The summed E-state index contributed by atoms with van der Waals surface area (Å²) in [5, 5.41) is 9.76. The second-order valence-corrected chi connectivity index (χ2v) is 10.8. The molecule has 31 heavy (non-hydrogen) atoms. The van der Waals surface area contributed by atoms with Crippen LogP contribution in [0.4, 0.5) is 0 Å². The van der Waals surface area contributed by atoms with Crippen LogP contribution in [0.5, 0.6) is 5.75 Å². The van der Waals surface area contributed by atoms with E-state index in [2.05, 4.69) is 0 Å². The summed E-state index contributed by atoms with van der Waals surface area (Å²) in [5.74, 6) is -0.0410. The van der Waals surface area contributed by atoms with Crippen LogP contribution < -0.4 is 4.74 Å². The van der Waals surface area contributed by atoms with Crippen molar-refractivity contribution < 1.29 is 37.4 Å². The third-order valence-corrected chi connectivity index (χ3v) is 7.67. The fraction of sp³-hybridized carbons (Fsp3) is 0.636. The van der Waals surface area contributed by atoms with Crippen LogP contribution in [-0.4, -0.2) is 65.8 Å². The van der Waals surface area contributed by atoms with Gasteiger partial charge >= 0.3 is 14.8 Å². The molecule has 0 spiro atoms. The highest BCUT2D eigenvalue weighted by molar-refractivity contribution is 6.60. The Balaban J connectivity index is 2.15. The molecule has 0 radical (unpaired) electrons. The normalized spacial score (nSPS) is 11.9. The lowest BCUT2D eigenvalue weighted by molar-refractivity contribution is -0.144. The molecule has 0 fully saturated rings. The Hall–Kier alpha value is -1.78. The number of aliphatic hydroxyl groups is 1. The number of hydrogen-bond donors (Lipinski definition) is 1. The summed E-state index contributed by atoms with van der Waals surface area (Å²) in [4.78, 5) is 23.8. The number of carbonyl (C=O) groups excluding carboxylic acids is 2. The summed E-state index contributed by atoms with van der Waals surface area (Å²) >= 11 is 0. The van der Waals surface area contributed by atoms with Crippen LogP contribution in [0.1, 0.15) is 56.3 Å². The SMILES string of the molecule is CO[Si](CCCCCCC(=O)OCCOc1ccc(C(=O)C(C)(C)O)cc1)(OC)OC. The lowest BCUT2D eigenvalue weighted by Gasteiger charge is -2.24. The first-order chi connectivity index (χ1) is 14.7. The van der Waals surface area contributed by atoms with Gasteiger partial charge in [0.05, 0.1) is 0 Å². The highest BCUT2D eigenvalue weighted by Crippen LogP contribution is 2.18. The molecule has 176 valence electrons. The first kappa shape index (κ1) is 27.3. The molecular formula is C22H36O8Si. The third kappa shape index (κ3) is 9.92. The maximum Gasteiger partial charge on any atom is 0.500 e. The van der Waals surface area contributed by atoms with Gasteiger partial charge in [-0.25, -0.2) is 0 Å². The summed E-state index contributed by atoms with van der Waals surface area (Å²) < 4.78 is 26.8. The summed E-state index contributed by atoms with van der Waals surface area (Å²) in [6.07, 6.45) is 3.94. The number of Topliss-reactive ketones (excluding diaryl/α,β-unsaturated/α-hetero) is 1. The molecule has 0 aliphatic heterocycles. The predicted octanol–water partition coefficient (Wildman–Crippen LogP) is 3.39. The van der Waals surface area contributed by atoms with Crippen LogP contribution in [0, 0.1) is 0 Å². The molecule has 1 N–H and O–H groups in total. The van der Waals surface area contributed by atoms with Crippen molar-refractivity contribution in [3.63, 3.8) is 0 Å². The van der Waals surface area contributed by atoms with Gasteiger partial charge in [-0.05, 0) is 51.0 Å². The fourth-order valence-corrected chi connectivity index (χ4v) is 4.76. The number of ketones is 1. The molecule has 0 unspecified atom stereocenters. The quantitative estimate of drug-likeness (QED) is 0.175. The molecule has 0 aliphatic rings. The monoisotopic (exact) mass is 456 g/mol. The zero-order valence-electron chi connectivity index (χ0n) is 19.3. The third-order valence-electron chi connectivity index (χ3n) is 4.83. The highest BCUT2D eigenvalue weighted by Gasteiger charge is 2.36. The predicted molar refractivity (Wildman–Crippen MR) is 118 cm³/mol. The first-order valence-corrected chi connectivity index (χ1v) is 12.4. The molecule has 1 aromatic rings. The van der Waals surface area contributed by atoms with E-state index >= 15 is 0 Å². The van der Waals surface area contributed by atoms with Crippen molar-refractivity contribution in [2.24, 2.45) is 0 Å². The topological polar surface area (TPSA) is 101 Å². The number of rotatable bonds is 16. The van der Waals surface area contributed by atoms with Crippen molar-refractivity contribution >= 4 is 20.6 Å². The fourth-order valence-electron chi connectivity index (χ4n) is 2.96. The molecule has 0 bridgehead atoms. The second-order valence-electron chi connectivity index (χ2n) is 7.69. The van der Waals surface area contributed by atoms with Crippen molar-refractivity contribution in [2.75, 3.05) is 34.5 Å². The van der Waals surface area contributed by atoms with Crippen molar-refractivity contribution in [2.45, 2.75) is 57.6 Å². The summed E-state index contributed by atoms with van der Waals surface area (Å²) in [6.45, 7) is 3.28. The molecule has 0 aromatic heterocycles. The number of ether oxygens (including phenoxy) is 2. The molecule has 1 aromatic carbocycles. The lowest BCUT2D eigenvalue weighted by Crippen LogP contribution is -2.42. The van der Waals surface area contributed by atoms with E-state index in [4.69, 9.17) is 22.8 Å². The van der Waals surface area contributed by atoms with Crippen molar-refractivity contribution in [1.82, 2.24) is 0 Å². The van der Waals surface area contributed by atoms with Crippen LogP contribution in [0.15, 0.2) is 24.3 Å². The maximum atomic E-state index is 12.0. The van der Waals surface area contributed by atoms with Gasteiger partial charge in [0.1, 0.15) is 24.6 Å². The Morgan fingerprint density at radius 2 is 1.48 bits per heavy atom. The average Bonchev–Trinajstić information content (AvgIpc) is 2.76. The van der Waals surface area contributed by atoms with Gasteiger partial charge in [0.25, 0.3) is 0 Å². The van der Waals surface area contributed by atoms with E-state index in [1.165, 1.54) is 13.8 Å².